The number of aliphatic hydroxyl groups excluding tert-OH is 1. The molecule has 0 aromatic carbocycles. The number of imidazole rings is 1. The Kier molecular flexibility index (Phi) is 4.93. The van der Waals surface area contributed by atoms with Crippen LogP contribution in [0.4, 0.5) is 0 Å². The Morgan fingerprint density at radius 2 is 2.33 bits per heavy atom. The molecular weight excluding hydrogens is 176 g/mol. The Hall–Kier alpha value is -0.540. The van der Waals surface area contributed by atoms with E-state index in [2.05, 4.69) is 18.8 Å². The van der Waals surface area contributed by atoms with Gasteiger partial charge in [-0.05, 0) is 13.3 Å². The summed E-state index contributed by atoms with van der Waals surface area (Å²) in [5.74, 6) is 0.749. The van der Waals surface area contributed by atoms with Crippen molar-refractivity contribution >= 4 is 12.4 Å². The van der Waals surface area contributed by atoms with Crippen molar-refractivity contribution in [3.8, 4) is 0 Å². The number of halogens is 1. The molecule has 0 amide bonds. The summed E-state index contributed by atoms with van der Waals surface area (Å²) in [6.07, 6.45) is 4.68. The molecule has 70 valence electrons. The predicted octanol–water partition coefficient (Wildman–Crippen LogP) is 1.77. The van der Waals surface area contributed by atoms with E-state index in [1.807, 2.05) is 10.8 Å². The Balaban J connectivity index is 0.00000121. The van der Waals surface area contributed by atoms with Crippen molar-refractivity contribution in [1.82, 2.24) is 9.55 Å². The predicted molar refractivity (Wildman–Crippen MR) is 50.4 cm³/mol. The average Bonchev–Trinajstić information content (AvgIpc) is 2.50. The van der Waals surface area contributed by atoms with Crippen molar-refractivity contribution in [2.45, 2.75) is 32.9 Å². The number of hydrogen-bond donors (Lipinski definition) is 1. The molecule has 0 aliphatic rings. The zero-order valence-electron chi connectivity index (χ0n) is 7.40. The van der Waals surface area contributed by atoms with Crippen molar-refractivity contribution in [3.63, 3.8) is 0 Å². The summed E-state index contributed by atoms with van der Waals surface area (Å²) in [6, 6.07) is 0.430. The fourth-order valence-corrected chi connectivity index (χ4v) is 1.06. The van der Waals surface area contributed by atoms with Crippen molar-refractivity contribution in [1.29, 1.82) is 0 Å². The summed E-state index contributed by atoms with van der Waals surface area (Å²) in [5, 5.41) is 8.87. The fraction of sp³-hybridized carbons (Fsp3) is 0.625. The summed E-state index contributed by atoms with van der Waals surface area (Å²) in [7, 11) is 0. The second kappa shape index (κ2) is 5.17. The zero-order valence-corrected chi connectivity index (χ0v) is 8.21. The lowest BCUT2D eigenvalue weighted by Crippen LogP contribution is -2.07. The number of aromatic nitrogens is 2. The lowest BCUT2D eigenvalue weighted by Gasteiger charge is -2.12. The third-order valence-electron chi connectivity index (χ3n) is 1.96. The molecule has 1 aromatic rings. The van der Waals surface area contributed by atoms with Crippen molar-refractivity contribution < 1.29 is 5.11 Å². The molecule has 0 saturated heterocycles. The van der Waals surface area contributed by atoms with Crippen molar-refractivity contribution in [2.24, 2.45) is 0 Å². The van der Waals surface area contributed by atoms with E-state index >= 15 is 0 Å². The van der Waals surface area contributed by atoms with Crippen molar-refractivity contribution in [3.05, 3.63) is 18.2 Å². The first-order chi connectivity index (χ1) is 5.29. The maximum Gasteiger partial charge on any atom is 0.134 e. The molecule has 1 unspecified atom stereocenters. The van der Waals surface area contributed by atoms with Gasteiger partial charge in [0.2, 0.25) is 0 Å². The number of hydrogen-bond acceptors (Lipinski definition) is 2. The van der Waals surface area contributed by atoms with E-state index in [4.69, 9.17) is 5.11 Å². The quantitative estimate of drug-likeness (QED) is 0.789. The van der Waals surface area contributed by atoms with E-state index in [0.717, 1.165) is 12.2 Å². The van der Waals surface area contributed by atoms with Gasteiger partial charge in [0.25, 0.3) is 0 Å². The lowest BCUT2D eigenvalue weighted by molar-refractivity contribution is 0.261. The van der Waals surface area contributed by atoms with E-state index in [1.54, 1.807) is 6.20 Å². The molecule has 0 saturated carbocycles. The monoisotopic (exact) mass is 190 g/mol. The van der Waals surface area contributed by atoms with Crippen LogP contribution >= 0.6 is 12.4 Å². The molecule has 0 aliphatic carbocycles. The molecule has 1 heterocycles. The first-order valence-corrected chi connectivity index (χ1v) is 3.92. The van der Waals surface area contributed by atoms with E-state index in [1.165, 1.54) is 0 Å². The van der Waals surface area contributed by atoms with Crippen LogP contribution in [0.2, 0.25) is 0 Å². The first kappa shape index (κ1) is 11.5. The maximum absolute atomic E-state index is 8.87. The van der Waals surface area contributed by atoms with Gasteiger partial charge in [-0.1, -0.05) is 6.92 Å². The average molecular weight is 191 g/mol. The zero-order chi connectivity index (χ0) is 8.27. The molecule has 1 N–H and O–H groups in total. The van der Waals surface area contributed by atoms with Gasteiger partial charge in [-0.25, -0.2) is 4.98 Å². The van der Waals surface area contributed by atoms with Gasteiger partial charge in [0.15, 0.2) is 0 Å². The third-order valence-corrected chi connectivity index (χ3v) is 1.96. The van der Waals surface area contributed by atoms with Crippen LogP contribution in [-0.2, 0) is 6.61 Å². The van der Waals surface area contributed by atoms with Gasteiger partial charge in [0.05, 0.1) is 0 Å². The third kappa shape index (κ3) is 2.22. The molecular formula is C8H15ClN2O. The second-order valence-corrected chi connectivity index (χ2v) is 2.67. The Labute approximate surface area is 78.8 Å². The standard InChI is InChI=1S/C8H14N2O.ClH/c1-3-7(2)10-5-4-9-8(10)6-11;/h4-5,7,11H,3,6H2,1-2H3;1H. The maximum atomic E-state index is 8.87. The number of aliphatic hydroxyl groups is 1. The van der Waals surface area contributed by atoms with Crippen LogP contribution in [0.15, 0.2) is 12.4 Å². The molecule has 0 bridgehead atoms. The summed E-state index contributed by atoms with van der Waals surface area (Å²) in [5.41, 5.74) is 0. The molecule has 0 aliphatic heterocycles. The highest BCUT2D eigenvalue weighted by atomic mass is 35.5. The summed E-state index contributed by atoms with van der Waals surface area (Å²) in [4.78, 5) is 4.02. The normalized spacial score (nSPS) is 12.2. The van der Waals surface area contributed by atoms with Gasteiger partial charge in [-0.15, -0.1) is 12.4 Å². The van der Waals surface area contributed by atoms with Crippen LogP contribution < -0.4 is 0 Å². The van der Waals surface area contributed by atoms with Crippen LogP contribution in [0.25, 0.3) is 0 Å². The minimum atomic E-state index is 0. The highest BCUT2D eigenvalue weighted by Gasteiger charge is 2.05. The first-order valence-electron chi connectivity index (χ1n) is 3.92. The highest BCUT2D eigenvalue weighted by molar-refractivity contribution is 5.85. The van der Waals surface area contributed by atoms with Gasteiger partial charge in [-0.2, -0.15) is 0 Å². The molecule has 1 rings (SSSR count). The van der Waals surface area contributed by atoms with Gasteiger partial charge in [-0.3, -0.25) is 0 Å². The van der Waals surface area contributed by atoms with Crippen molar-refractivity contribution in [2.75, 3.05) is 0 Å². The smallest absolute Gasteiger partial charge is 0.134 e. The summed E-state index contributed by atoms with van der Waals surface area (Å²) in [6.45, 7) is 4.25. The van der Waals surface area contributed by atoms with E-state index in [9.17, 15) is 0 Å². The Morgan fingerprint density at radius 1 is 1.67 bits per heavy atom. The minimum Gasteiger partial charge on any atom is -0.388 e. The SMILES string of the molecule is CCC(C)n1ccnc1CO.Cl. The van der Waals surface area contributed by atoms with Crippen LogP contribution in [0, 0.1) is 0 Å². The largest absolute Gasteiger partial charge is 0.388 e. The topological polar surface area (TPSA) is 38.0 Å². The molecule has 0 radical (unpaired) electrons. The van der Waals surface area contributed by atoms with E-state index in [0.29, 0.717) is 6.04 Å². The van der Waals surface area contributed by atoms with E-state index in [-0.39, 0.29) is 19.0 Å². The number of nitrogens with zero attached hydrogens (tertiary/aromatic N) is 2. The Bertz CT molecular complexity index is 225. The fourth-order valence-electron chi connectivity index (χ4n) is 1.06. The molecule has 0 spiro atoms. The molecule has 12 heavy (non-hydrogen) atoms. The van der Waals surface area contributed by atoms with Gasteiger partial charge in [0, 0.05) is 18.4 Å². The van der Waals surface area contributed by atoms with Crippen LogP contribution in [0.1, 0.15) is 32.1 Å². The van der Waals surface area contributed by atoms with Crippen LogP contribution in [0.5, 0.6) is 0 Å². The van der Waals surface area contributed by atoms with Crippen LogP contribution in [0.3, 0.4) is 0 Å². The van der Waals surface area contributed by atoms with E-state index < -0.39 is 0 Å². The Morgan fingerprint density at radius 3 is 2.83 bits per heavy atom. The second-order valence-electron chi connectivity index (χ2n) is 2.67. The molecule has 0 fully saturated rings. The summed E-state index contributed by atoms with van der Waals surface area (Å²) < 4.78 is 2.00. The molecule has 4 heteroatoms. The van der Waals surface area contributed by atoms with Crippen LogP contribution in [-0.4, -0.2) is 14.7 Å². The molecule has 3 nitrogen and oxygen atoms in total. The van der Waals surface area contributed by atoms with Gasteiger partial charge >= 0.3 is 0 Å². The van der Waals surface area contributed by atoms with Gasteiger partial charge in [0.1, 0.15) is 12.4 Å². The number of rotatable bonds is 3. The lowest BCUT2D eigenvalue weighted by atomic mass is 10.2. The highest BCUT2D eigenvalue weighted by Crippen LogP contribution is 2.11. The molecule has 1 atom stereocenters. The molecule has 1 aromatic heterocycles. The minimum absolute atomic E-state index is 0. The van der Waals surface area contributed by atoms with Gasteiger partial charge < -0.3 is 9.67 Å². The summed E-state index contributed by atoms with van der Waals surface area (Å²) >= 11 is 0.